The second kappa shape index (κ2) is 9.34. The summed E-state index contributed by atoms with van der Waals surface area (Å²) in [4.78, 5) is 20.6. The molecule has 13 nitrogen and oxygen atoms in total. The number of nitrogens with one attached hydrogen (secondary N) is 1. The van der Waals surface area contributed by atoms with Crippen LogP contribution in [0.1, 0.15) is 39.5 Å². The van der Waals surface area contributed by atoms with Gasteiger partial charge in [-0.15, -0.1) is 0 Å². The van der Waals surface area contributed by atoms with Crippen molar-refractivity contribution in [3.63, 3.8) is 0 Å². The van der Waals surface area contributed by atoms with Gasteiger partial charge in [0.15, 0.2) is 11.5 Å². The summed E-state index contributed by atoms with van der Waals surface area (Å²) in [5.41, 5.74) is 5.37. The lowest BCUT2D eigenvalue weighted by atomic mass is 9.95. The van der Waals surface area contributed by atoms with Crippen LogP contribution in [-0.2, 0) is 23.4 Å². The van der Waals surface area contributed by atoms with Gasteiger partial charge in [-0.1, -0.05) is 25.1 Å². The summed E-state index contributed by atoms with van der Waals surface area (Å²) >= 11 is 0. The van der Waals surface area contributed by atoms with Gasteiger partial charge in [-0.25, -0.2) is 19.0 Å². The fourth-order valence-electron chi connectivity index (χ4n) is 4.53. The van der Waals surface area contributed by atoms with Gasteiger partial charge >= 0.3 is 13.7 Å². The Morgan fingerprint density at radius 3 is 2.65 bits per heavy atom. The molecule has 1 aromatic carbocycles. The van der Waals surface area contributed by atoms with Crippen molar-refractivity contribution in [3.05, 3.63) is 48.5 Å². The predicted molar refractivity (Wildman–Crippen MR) is 130 cm³/mol. The molecule has 14 heteroatoms. The molecule has 0 radical (unpaired) electrons. The Balaban J connectivity index is 1.35. The maximum atomic E-state index is 13.9. The van der Waals surface area contributed by atoms with Gasteiger partial charge in [0.1, 0.15) is 42.0 Å². The molecule has 1 aliphatic heterocycles. The molecule has 7 atom stereocenters. The van der Waals surface area contributed by atoms with Crippen LogP contribution in [0.25, 0.3) is 5.65 Å². The number of nitrogens with two attached hydrogens (primary N) is 1. The van der Waals surface area contributed by atoms with Gasteiger partial charge in [-0.05, 0) is 32.9 Å². The first-order valence-corrected chi connectivity index (χ1v) is 13.4. The zero-order valence-corrected chi connectivity index (χ0v) is 21.6. The molecule has 0 bridgehead atoms. The Labute approximate surface area is 212 Å². The molecule has 4 N–H and O–H groups in total. The number of fused-ring (bicyclic) bond motifs is 2. The molecule has 2 fully saturated rings. The molecular weight excluding hydrogens is 503 g/mol. The fraction of sp³-hybridized carbons (Fsp3) is 0.478. The molecule has 1 saturated heterocycles. The van der Waals surface area contributed by atoms with Crippen LogP contribution in [0.2, 0.25) is 0 Å². The van der Waals surface area contributed by atoms with Crippen molar-refractivity contribution in [3.8, 4) is 5.75 Å². The number of hydrogen-bond acceptors (Lipinski definition) is 11. The van der Waals surface area contributed by atoms with Crippen LogP contribution in [0.3, 0.4) is 0 Å². The Kier molecular flexibility index (Phi) is 6.45. The van der Waals surface area contributed by atoms with E-state index in [9.17, 15) is 14.5 Å². The van der Waals surface area contributed by atoms with E-state index in [0.29, 0.717) is 11.3 Å². The van der Waals surface area contributed by atoms with Crippen LogP contribution in [0, 0.1) is 5.92 Å². The molecule has 1 aliphatic carbocycles. The lowest BCUT2D eigenvalue weighted by molar-refractivity contribution is -0.149. The zero-order chi connectivity index (χ0) is 26.5. The number of nitrogen functional groups attached to an aromatic ring is 1. The van der Waals surface area contributed by atoms with Gasteiger partial charge < -0.3 is 24.8 Å². The normalized spacial score (nSPS) is 29.0. The highest BCUT2D eigenvalue weighted by Gasteiger charge is 2.77. The van der Waals surface area contributed by atoms with Gasteiger partial charge in [0.25, 0.3) is 0 Å². The third kappa shape index (κ3) is 4.57. The number of rotatable bonds is 9. The highest BCUT2D eigenvalue weighted by atomic mass is 31.2. The number of aliphatic hydroxyl groups is 1. The second-order valence-electron chi connectivity index (χ2n) is 9.48. The molecule has 5 rings (SSSR count). The van der Waals surface area contributed by atoms with Gasteiger partial charge in [0, 0.05) is 5.92 Å². The zero-order valence-electron chi connectivity index (χ0n) is 20.7. The topological polar surface area (TPSA) is 172 Å². The quantitative estimate of drug-likeness (QED) is 0.271. The number of carbonyl (C=O) groups excluding carboxylic acids is 1. The largest absolute Gasteiger partial charge is 0.462 e. The summed E-state index contributed by atoms with van der Waals surface area (Å²) in [5.74, 6) is -0.640. The maximum Gasteiger partial charge on any atom is 0.459 e. The summed E-state index contributed by atoms with van der Waals surface area (Å²) in [5, 5.41) is 18.3. The number of carbonyl (C=O) groups is 1. The molecule has 2 aliphatic rings. The van der Waals surface area contributed by atoms with Crippen LogP contribution < -0.4 is 15.3 Å². The van der Waals surface area contributed by atoms with Gasteiger partial charge in [-0.3, -0.25) is 9.32 Å². The molecule has 3 heterocycles. The number of para-hydroxylation sites is 1. The van der Waals surface area contributed by atoms with Gasteiger partial charge in [-0.2, -0.15) is 10.2 Å². The highest BCUT2D eigenvalue weighted by Crippen LogP contribution is 2.64. The van der Waals surface area contributed by atoms with E-state index in [1.165, 1.54) is 17.8 Å². The van der Waals surface area contributed by atoms with Gasteiger partial charge in [0.2, 0.25) is 0 Å². The summed E-state index contributed by atoms with van der Waals surface area (Å²) in [6.45, 7) is 6.70. The van der Waals surface area contributed by atoms with Crippen molar-refractivity contribution in [2.75, 3.05) is 5.73 Å². The molecule has 2 aromatic heterocycles. The third-order valence-corrected chi connectivity index (χ3v) is 8.14. The van der Waals surface area contributed by atoms with E-state index in [-0.39, 0.29) is 17.7 Å². The average Bonchev–Trinajstić information content (AvgIpc) is 3.11. The Morgan fingerprint density at radius 1 is 1.27 bits per heavy atom. The molecule has 1 saturated carbocycles. The second-order valence-corrected chi connectivity index (χ2v) is 11.1. The van der Waals surface area contributed by atoms with Crippen LogP contribution in [0.4, 0.5) is 5.82 Å². The van der Waals surface area contributed by atoms with Crippen LogP contribution >= 0.6 is 7.75 Å². The predicted octanol–water partition coefficient (Wildman–Crippen LogP) is 2.03. The number of aromatic nitrogens is 4. The molecule has 198 valence electrons. The number of nitrogens with zero attached hydrogens (tertiary/aromatic N) is 4. The van der Waals surface area contributed by atoms with E-state index in [0.717, 1.165) is 0 Å². The summed E-state index contributed by atoms with van der Waals surface area (Å²) in [6, 6.07) is 7.38. The van der Waals surface area contributed by atoms with E-state index in [2.05, 4.69) is 20.2 Å². The van der Waals surface area contributed by atoms with Crippen molar-refractivity contribution in [1.82, 2.24) is 24.7 Å². The smallest absolute Gasteiger partial charge is 0.459 e. The molecule has 0 spiro atoms. The average molecular weight is 532 g/mol. The number of hydrogen-bond donors (Lipinski definition) is 3. The Bertz CT molecular complexity index is 1350. The molecular formula is C23H29N6O7P. The minimum atomic E-state index is -4.18. The van der Waals surface area contributed by atoms with Crippen LogP contribution in [-0.4, -0.2) is 60.6 Å². The third-order valence-electron chi connectivity index (χ3n) is 6.48. The summed E-state index contributed by atoms with van der Waals surface area (Å²) in [6.07, 6.45) is 0.155. The van der Waals surface area contributed by atoms with E-state index in [1.807, 2.05) is 0 Å². The highest BCUT2D eigenvalue weighted by molar-refractivity contribution is 7.52. The van der Waals surface area contributed by atoms with Crippen molar-refractivity contribution in [2.24, 2.45) is 5.92 Å². The Hall–Kier alpha value is -3.09. The number of ether oxygens (including phenoxy) is 2. The molecule has 1 unspecified atom stereocenters. The van der Waals surface area contributed by atoms with E-state index < -0.39 is 49.6 Å². The van der Waals surface area contributed by atoms with Crippen molar-refractivity contribution < 1.29 is 33.0 Å². The van der Waals surface area contributed by atoms with Crippen LogP contribution in [0.15, 0.2) is 42.9 Å². The SMILES string of the molecule is CC(C)OC(=O)[C@H](C)N[P@@](=O)(Oc1ccccc1)OC1[C@H]2O[C@@H](c3cnc4c(N)ncnn34)[C@@H](C)[C@@]12O. The number of esters is 1. The van der Waals surface area contributed by atoms with E-state index in [4.69, 9.17) is 24.3 Å². The van der Waals surface area contributed by atoms with E-state index in [1.54, 1.807) is 57.3 Å². The first kappa shape index (κ1) is 25.6. The molecule has 0 amide bonds. The van der Waals surface area contributed by atoms with Crippen molar-refractivity contribution >= 4 is 25.2 Å². The minimum Gasteiger partial charge on any atom is -0.462 e. The first-order chi connectivity index (χ1) is 17.5. The van der Waals surface area contributed by atoms with Gasteiger partial charge in [0.05, 0.1) is 18.0 Å². The first-order valence-electron chi connectivity index (χ1n) is 11.9. The van der Waals surface area contributed by atoms with E-state index >= 15 is 0 Å². The molecule has 37 heavy (non-hydrogen) atoms. The minimum absolute atomic E-state index is 0.215. The lowest BCUT2D eigenvalue weighted by Crippen LogP contribution is -2.37. The monoisotopic (exact) mass is 532 g/mol. The van der Waals surface area contributed by atoms with Crippen LogP contribution in [0.5, 0.6) is 5.75 Å². The summed E-state index contributed by atoms with van der Waals surface area (Å²) < 4.78 is 38.3. The number of benzene rings is 1. The Morgan fingerprint density at radius 2 is 2.00 bits per heavy atom. The standard InChI is InChI=1S/C23H29N6O7P/c1-12(2)33-22(30)14(4)28-37(32,35-15-8-6-5-7-9-15)36-19-18-23(19,31)13(3)17(34-18)16-10-25-21-20(24)26-11-27-29(16)21/h5-14,17-19,31H,1-4H3,(H,28,32)(H2,24,26,27)/t13-,14+,17-,18-,19?,23+,37-/m1/s1. The summed E-state index contributed by atoms with van der Waals surface area (Å²) in [7, 11) is -4.18. The lowest BCUT2D eigenvalue weighted by Gasteiger charge is -2.27. The molecule has 3 aromatic rings. The fourth-order valence-corrected chi connectivity index (χ4v) is 6.25. The maximum absolute atomic E-state index is 13.9. The number of imidazole rings is 1. The van der Waals surface area contributed by atoms with Crippen molar-refractivity contribution in [1.29, 1.82) is 0 Å². The number of anilines is 1. The van der Waals surface area contributed by atoms with Crippen molar-refractivity contribution in [2.45, 2.75) is 63.8 Å².